The van der Waals surface area contributed by atoms with Gasteiger partial charge in [0.15, 0.2) is 5.79 Å². The van der Waals surface area contributed by atoms with Gasteiger partial charge in [-0.15, -0.1) is 0 Å². The van der Waals surface area contributed by atoms with Crippen LogP contribution in [0.25, 0.3) is 0 Å². The number of hydrogen-bond acceptors (Lipinski definition) is 4. The summed E-state index contributed by atoms with van der Waals surface area (Å²) in [7, 11) is 0. The summed E-state index contributed by atoms with van der Waals surface area (Å²) in [6.45, 7) is 7.82. The largest absolute Gasteiger partial charge is 0.348 e. The molecule has 2 aliphatic heterocycles. The van der Waals surface area contributed by atoms with E-state index >= 15 is 0 Å². The van der Waals surface area contributed by atoms with Crippen molar-refractivity contribution >= 4 is 0 Å². The first kappa shape index (κ1) is 11.3. The summed E-state index contributed by atoms with van der Waals surface area (Å²) >= 11 is 0. The molecule has 0 unspecified atom stereocenters. The van der Waals surface area contributed by atoms with Gasteiger partial charge in [-0.2, -0.15) is 0 Å². The second kappa shape index (κ2) is 4.78. The molecule has 15 heavy (non-hydrogen) atoms. The average Bonchev–Trinajstić information content (AvgIpc) is 2.57. The molecule has 0 radical (unpaired) electrons. The van der Waals surface area contributed by atoms with E-state index in [2.05, 4.69) is 10.6 Å². The van der Waals surface area contributed by atoms with Crippen LogP contribution in [0, 0.1) is 0 Å². The van der Waals surface area contributed by atoms with Crippen LogP contribution in [0.15, 0.2) is 0 Å². The van der Waals surface area contributed by atoms with Gasteiger partial charge in [-0.25, -0.2) is 0 Å². The first-order chi connectivity index (χ1) is 7.16. The second-order valence-electron chi connectivity index (χ2n) is 4.88. The van der Waals surface area contributed by atoms with E-state index in [0.717, 1.165) is 19.6 Å². The fraction of sp³-hybridized carbons (Fsp3) is 1.00. The van der Waals surface area contributed by atoms with E-state index < -0.39 is 0 Å². The van der Waals surface area contributed by atoms with E-state index in [9.17, 15) is 0 Å². The van der Waals surface area contributed by atoms with Crippen molar-refractivity contribution in [2.24, 2.45) is 0 Å². The van der Waals surface area contributed by atoms with E-state index in [0.29, 0.717) is 12.6 Å². The number of nitrogens with one attached hydrogen (secondary N) is 2. The summed E-state index contributed by atoms with van der Waals surface area (Å²) in [5.41, 5.74) is 0. The third-order valence-corrected chi connectivity index (χ3v) is 3.04. The van der Waals surface area contributed by atoms with Crippen molar-refractivity contribution in [2.45, 2.75) is 44.6 Å². The smallest absolute Gasteiger partial charge is 0.163 e. The van der Waals surface area contributed by atoms with Gasteiger partial charge >= 0.3 is 0 Å². The first-order valence-electron chi connectivity index (χ1n) is 5.91. The zero-order chi connectivity index (χ0) is 10.7. The minimum atomic E-state index is -0.388. The van der Waals surface area contributed by atoms with Gasteiger partial charge in [-0.3, -0.25) is 0 Å². The van der Waals surface area contributed by atoms with Crippen molar-refractivity contribution in [3.8, 4) is 0 Å². The van der Waals surface area contributed by atoms with Crippen molar-refractivity contribution in [2.75, 3.05) is 26.2 Å². The molecule has 0 amide bonds. The van der Waals surface area contributed by atoms with Crippen molar-refractivity contribution in [1.29, 1.82) is 0 Å². The van der Waals surface area contributed by atoms with Crippen LogP contribution in [0.1, 0.15) is 26.7 Å². The Kier molecular flexibility index (Phi) is 3.61. The number of hydrogen-bond donors (Lipinski definition) is 2. The lowest BCUT2D eigenvalue weighted by molar-refractivity contribution is -0.137. The van der Waals surface area contributed by atoms with Gasteiger partial charge in [-0.05, 0) is 39.8 Å². The number of rotatable bonds is 3. The van der Waals surface area contributed by atoms with Crippen LogP contribution >= 0.6 is 0 Å². The van der Waals surface area contributed by atoms with Gasteiger partial charge in [-0.1, -0.05) is 0 Å². The van der Waals surface area contributed by atoms with Crippen LogP contribution in [-0.2, 0) is 9.47 Å². The van der Waals surface area contributed by atoms with Crippen LogP contribution in [0.5, 0.6) is 0 Å². The van der Waals surface area contributed by atoms with E-state index in [1.54, 1.807) is 0 Å². The molecule has 0 aromatic carbocycles. The van der Waals surface area contributed by atoms with Crippen molar-refractivity contribution in [3.05, 3.63) is 0 Å². The highest BCUT2D eigenvalue weighted by atomic mass is 16.7. The summed E-state index contributed by atoms with van der Waals surface area (Å²) in [5.74, 6) is -0.388. The van der Waals surface area contributed by atoms with Crippen LogP contribution in [0.2, 0.25) is 0 Å². The Bertz CT molecular complexity index is 203. The standard InChI is InChI=1S/C11H22N2O2/c1-11(2)14-8-10(15-11)7-13-9-3-5-12-6-4-9/h9-10,12-13H,3-8H2,1-2H3/t10-/m0/s1. The Hall–Kier alpha value is -0.160. The summed E-state index contributed by atoms with van der Waals surface area (Å²) in [4.78, 5) is 0. The molecule has 2 aliphatic rings. The van der Waals surface area contributed by atoms with Crippen molar-refractivity contribution in [1.82, 2.24) is 10.6 Å². The van der Waals surface area contributed by atoms with Crippen LogP contribution in [0.3, 0.4) is 0 Å². The van der Waals surface area contributed by atoms with E-state index in [1.807, 2.05) is 13.8 Å². The molecule has 0 spiro atoms. The van der Waals surface area contributed by atoms with Crippen LogP contribution in [0.4, 0.5) is 0 Å². The molecule has 0 aliphatic carbocycles. The van der Waals surface area contributed by atoms with E-state index in [1.165, 1.54) is 12.8 Å². The summed E-state index contributed by atoms with van der Waals surface area (Å²) in [5, 5.41) is 6.92. The summed E-state index contributed by atoms with van der Waals surface area (Å²) in [6, 6.07) is 0.651. The van der Waals surface area contributed by atoms with E-state index in [4.69, 9.17) is 9.47 Å². The highest BCUT2D eigenvalue weighted by Gasteiger charge is 2.32. The van der Waals surface area contributed by atoms with Gasteiger partial charge < -0.3 is 20.1 Å². The molecule has 2 N–H and O–H groups in total. The Morgan fingerprint density at radius 2 is 2.07 bits per heavy atom. The zero-order valence-corrected chi connectivity index (χ0v) is 9.71. The molecule has 2 fully saturated rings. The Morgan fingerprint density at radius 3 is 2.67 bits per heavy atom. The van der Waals surface area contributed by atoms with Crippen molar-refractivity contribution < 1.29 is 9.47 Å². The quantitative estimate of drug-likeness (QED) is 0.717. The van der Waals surface area contributed by atoms with Gasteiger partial charge in [0.25, 0.3) is 0 Å². The van der Waals surface area contributed by atoms with Gasteiger partial charge in [0.1, 0.15) is 0 Å². The minimum Gasteiger partial charge on any atom is -0.348 e. The van der Waals surface area contributed by atoms with Crippen LogP contribution in [-0.4, -0.2) is 44.2 Å². The Balaban J connectivity index is 1.65. The third-order valence-electron chi connectivity index (χ3n) is 3.04. The highest BCUT2D eigenvalue weighted by molar-refractivity contribution is 4.78. The molecule has 0 bridgehead atoms. The monoisotopic (exact) mass is 214 g/mol. The predicted molar refractivity (Wildman–Crippen MR) is 58.8 cm³/mol. The maximum atomic E-state index is 5.74. The van der Waals surface area contributed by atoms with Gasteiger partial charge in [0, 0.05) is 12.6 Å². The average molecular weight is 214 g/mol. The second-order valence-corrected chi connectivity index (χ2v) is 4.88. The fourth-order valence-electron chi connectivity index (χ4n) is 2.19. The molecule has 2 rings (SSSR count). The predicted octanol–water partition coefficient (Wildman–Crippen LogP) is 0.480. The minimum absolute atomic E-state index is 0.217. The molecule has 88 valence electrons. The molecule has 2 saturated heterocycles. The summed E-state index contributed by atoms with van der Waals surface area (Å²) in [6.07, 6.45) is 2.66. The number of piperidine rings is 1. The van der Waals surface area contributed by atoms with Gasteiger partial charge in [0.2, 0.25) is 0 Å². The molecular weight excluding hydrogens is 192 g/mol. The molecule has 1 atom stereocenters. The Morgan fingerprint density at radius 1 is 1.33 bits per heavy atom. The van der Waals surface area contributed by atoms with E-state index in [-0.39, 0.29) is 11.9 Å². The lowest BCUT2D eigenvalue weighted by Gasteiger charge is -2.25. The Labute approximate surface area is 91.7 Å². The highest BCUT2D eigenvalue weighted by Crippen LogP contribution is 2.21. The molecule has 0 aromatic heterocycles. The van der Waals surface area contributed by atoms with Crippen molar-refractivity contribution in [3.63, 3.8) is 0 Å². The molecule has 0 aromatic rings. The normalized spacial score (nSPS) is 32.0. The zero-order valence-electron chi connectivity index (χ0n) is 9.71. The molecule has 4 heteroatoms. The molecule has 0 saturated carbocycles. The van der Waals surface area contributed by atoms with Gasteiger partial charge in [0.05, 0.1) is 12.7 Å². The third kappa shape index (κ3) is 3.41. The lowest BCUT2D eigenvalue weighted by atomic mass is 10.1. The first-order valence-corrected chi connectivity index (χ1v) is 5.91. The maximum absolute atomic E-state index is 5.74. The fourth-order valence-corrected chi connectivity index (χ4v) is 2.19. The number of ether oxygens (including phenoxy) is 2. The molecular formula is C11H22N2O2. The topological polar surface area (TPSA) is 42.5 Å². The maximum Gasteiger partial charge on any atom is 0.163 e. The SMILES string of the molecule is CC1(C)OC[C@H](CNC2CCNCC2)O1. The summed E-state index contributed by atoms with van der Waals surface area (Å²) < 4.78 is 11.3. The molecule has 2 heterocycles. The molecule has 4 nitrogen and oxygen atoms in total. The van der Waals surface area contributed by atoms with Crippen LogP contribution < -0.4 is 10.6 Å². The lowest BCUT2D eigenvalue weighted by Crippen LogP contribution is -2.43.